The molecule has 0 bridgehead atoms. The number of rotatable bonds is 3. The first-order valence-corrected chi connectivity index (χ1v) is 7.73. The number of hydrogen-bond donors (Lipinski definition) is 1. The molecule has 0 spiro atoms. The minimum Gasteiger partial charge on any atom is -0.391 e. The molecule has 3 nitrogen and oxygen atoms in total. The molecule has 2 atom stereocenters. The summed E-state index contributed by atoms with van der Waals surface area (Å²) in [6.45, 7) is 3.61. The Kier molecular flexibility index (Phi) is 5.46. The fraction of sp³-hybridized carbons (Fsp3) is 1.00. The van der Waals surface area contributed by atoms with Gasteiger partial charge in [-0.2, -0.15) is 0 Å². The molecule has 1 aliphatic heterocycles. The third-order valence-corrected chi connectivity index (χ3v) is 4.69. The molecule has 2 unspecified atom stereocenters. The number of aliphatic hydroxyl groups excluding tert-OH is 1. The van der Waals surface area contributed by atoms with Gasteiger partial charge >= 0.3 is 0 Å². The summed E-state index contributed by atoms with van der Waals surface area (Å²) in [5.41, 5.74) is 0. The van der Waals surface area contributed by atoms with E-state index in [0.717, 1.165) is 12.3 Å². The molecule has 0 amide bonds. The Morgan fingerprint density at radius 2 is 1.67 bits per heavy atom. The Bertz CT molecular complexity index is 237. The molecule has 1 aliphatic carbocycles. The van der Waals surface area contributed by atoms with Gasteiger partial charge < -0.3 is 10.0 Å². The van der Waals surface area contributed by atoms with Crippen molar-refractivity contribution in [3.8, 4) is 0 Å². The highest BCUT2D eigenvalue weighted by atomic mass is 16.3. The van der Waals surface area contributed by atoms with E-state index in [1.807, 2.05) is 0 Å². The lowest BCUT2D eigenvalue weighted by molar-refractivity contribution is 0.0228. The highest BCUT2D eigenvalue weighted by Gasteiger charge is 2.30. The van der Waals surface area contributed by atoms with Crippen LogP contribution in [0.2, 0.25) is 0 Å². The van der Waals surface area contributed by atoms with Crippen LogP contribution >= 0.6 is 0 Å². The first-order chi connectivity index (χ1) is 8.66. The van der Waals surface area contributed by atoms with Gasteiger partial charge in [0.05, 0.1) is 6.10 Å². The molecule has 2 rings (SSSR count). The van der Waals surface area contributed by atoms with Crippen molar-refractivity contribution in [1.29, 1.82) is 0 Å². The average molecular weight is 254 g/mol. The quantitative estimate of drug-likeness (QED) is 0.780. The smallest absolute Gasteiger partial charge is 0.0695 e. The van der Waals surface area contributed by atoms with Gasteiger partial charge in [0.15, 0.2) is 0 Å². The maximum atomic E-state index is 10.3. The second-order valence-electron chi connectivity index (χ2n) is 6.51. The van der Waals surface area contributed by atoms with Crippen LogP contribution in [-0.4, -0.2) is 60.8 Å². The summed E-state index contributed by atoms with van der Waals surface area (Å²) in [5, 5.41) is 10.3. The largest absolute Gasteiger partial charge is 0.391 e. The van der Waals surface area contributed by atoms with Crippen molar-refractivity contribution in [3.05, 3.63) is 0 Å². The molecule has 1 saturated carbocycles. The Morgan fingerprint density at radius 1 is 1.00 bits per heavy atom. The van der Waals surface area contributed by atoms with Gasteiger partial charge in [-0.05, 0) is 58.8 Å². The molecule has 0 aromatic rings. The van der Waals surface area contributed by atoms with Gasteiger partial charge in [0.2, 0.25) is 0 Å². The number of aliphatic hydroxyl groups is 1. The van der Waals surface area contributed by atoms with Gasteiger partial charge in [-0.25, -0.2) is 0 Å². The molecule has 2 fully saturated rings. The van der Waals surface area contributed by atoms with Gasteiger partial charge in [0.25, 0.3) is 0 Å². The predicted octanol–water partition coefficient (Wildman–Crippen LogP) is 1.95. The number of nitrogens with zero attached hydrogens (tertiary/aromatic N) is 2. The van der Waals surface area contributed by atoms with Crippen molar-refractivity contribution in [2.75, 3.05) is 33.7 Å². The van der Waals surface area contributed by atoms with Crippen LogP contribution in [0.25, 0.3) is 0 Å². The second kappa shape index (κ2) is 6.88. The van der Waals surface area contributed by atoms with Crippen LogP contribution in [0, 0.1) is 5.92 Å². The lowest BCUT2D eigenvalue weighted by Crippen LogP contribution is -2.47. The molecular weight excluding hydrogens is 224 g/mol. The Labute approximate surface area is 112 Å². The summed E-state index contributed by atoms with van der Waals surface area (Å²) < 4.78 is 0. The third-order valence-electron chi connectivity index (χ3n) is 4.69. The number of hydrogen-bond acceptors (Lipinski definition) is 3. The molecule has 1 heterocycles. The lowest BCUT2D eigenvalue weighted by atomic mass is 9.93. The first-order valence-electron chi connectivity index (χ1n) is 7.73. The van der Waals surface area contributed by atoms with E-state index in [0.29, 0.717) is 6.04 Å². The molecule has 0 aromatic heterocycles. The molecule has 1 saturated heterocycles. The van der Waals surface area contributed by atoms with E-state index in [4.69, 9.17) is 0 Å². The molecule has 0 radical (unpaired) electrons. The van der Waals surface area contributed by atoms with E-state index in [-0.39, 0.29) is 6.10 Å². The predicted molar refractivity (Wildman–Crippen MR) is 75.7 cm³/mol. The lowest BCUT2D eigenvalue weighted by Gasteiger charge is -2.39. The van der Waals surface area contributed by atoms with E-state index < -0.39 is 0 Å². The maximum absolute atomic E-state index is 10.3. The van der Waals surface area contributed by atoms with Crippen molar-refractivity contribution in [1.82, 2.24) is 9.80 Å². The van der Waals surface area contributed by atoms with Crippen LogP contribution in [0.3, 0.4) is 0 Å². The van der Waals surface area contributed by atoms with Crippen molar-refractivity contribution in [3.63, 3.8) is 0 Å². The zero-order valence-corrected chi connectivity index (χ0v) is 12.1. The van der Waals surface area contributed by atoms with E-state index in [9.17, 15) is 5.11 Å². The van der Waals surface area contributed by atoms with Crippen molar-refractivity contribution in [2.24, 2.45) is 5.92 Å². The van der Waals surface area contributed by atoms with Crippen LogP contribution in [0.5, 0.6) is 0 Å². The highest BCUT2D eigenvalue weighted by molar-refractivity contribution is 4.85. The van der Waals surface area contributed by atoms with Crippen molar-refractivity contribution < 1.29 is 5.11 Å². The summed E-state index contributed by atoms with van der Waals surface area (Å²) in [6.07, 6.45) is 8.60. The summed E-state index contributed by atoms with van der Waals surface area (Å²) >= 11 is 0. The molecule has 3 heteroatoms. The highest BCUT2D eigenvalue weighted by Crippen LogP contribution is 2.27. The van der Waals surface area contributed by atoms with Crippen molar-refractivity contribution >= 4 is 0 Å². The molecular formula is C15H30N2O. The zero-order valence-electron chi connectivity index (χ0n) is 12.1. The number of likely N-dealkylation sites (tertiary alicyclic amines) is 1. The van der Waals surface area contributed by atoms with Crippen LogP contribution in [-0.2, 0) is 0 Å². The first kappa shape index (κ1) is 14.3. The standard InChI is InChI=1S/C15H30N2O/c1-16(2)12-13-8-10-17(11-9-13)14-6-4-3-5-7-15(14)18/h13-15,18H,3-12H2,1-2H3. The molecule has 0 aromatic carbocycles. The molecule has 1 N–H and O–H groups in total. The Hall–Kier alpha value is -0.120. The van der Waals surface area contributed by atoms with Crippen molar-refractivity contribution in [2.45, 2.75) is 57.1 Å². The maximum Gasteiger partial charge on any atom is 0.0695 e. The number of piperidine rings is 1. The van der Waals surface area contributed by atoms with Crippen LogP contribution in [0.15, 0.2) is 0 Å². The minimum absolute atomic E-state index is 0.0714. The molecule has 2 aliphatic rings. The van der Waals surface area contributed by atoms with Gasteiger partial charge in [0.1, 0.15) is 0 Å². The van der Waals surface area contributed by atoms with Crippen LogP contribution in [0.1, 0.15) is 44.9 Å². The molecule has 106 valence electrons. The van der Waals surface area contributed by atoms with E-state index in [1.165, 1.54) is 58.2 Å². The van der Waals surface area contributed by atoms with Gasteiger partial charge in [-0.1, -0.05) is 19.3 Å². The summed E-state index contributed by atoms with van der Waals surface area (Å²) in [5.74, 6) is 0.860. The van der Waals surface area contributed by atoms with E-state index in [1.54, 1.807) is 0 Å². The monoisotopic (exact) mass is 254 g/mol. The van der Waals surface area contributed by atoms with Gasteiger partial charge in [0, 0.05) is 12.6 Å². The molecule has 18 heavy (non-hydrogen) atoms. The average Bonchev–Trinajstić information content (AvgIpc) is 2.54. The fourth-order valence-corrected chi connectivity index (χ4v) is 3.68. The fourth-order valence-electron chi connectivity index (χ4n) is 3.68. The Balaban J connectivity index is 1.80. The van der Waals surface area contributed by atoms with E-state index in [2.05, 4.69) is 23.9 Å². The van der Waals surface area contributed by atoms with Gasteiger partial charge in [-0.3, -0.25) is 4.90 Å². The topological polar surface area (TPSA) is 26.7 Å². The van der Waals surface area contributed by atoms with E-state index >= 15 is 0 Å². The van der Waals surface area contributed by atoms with Crippen LogP contribution in [0.4, 0.5) is 0 Å². The zero-order chi connectivity index (χ0) is 13.0. The third kappa shape index (κ3) is 3.94. The second-order valence-corrected chi connectivity index (χ2v) is 6.51. The normalized spacial score (nSPS) is 32.7. The summed E-state index contributed by atoms with van der Waals surface area (Å²) in [6, 6.07) is 0.452. The van der Waals surface area contributed by atoms with Gasteiger partial charge in [-0.15, -0.1) is 0 Å². The van der Waals surface area contributed by atoms with Crippen LogP contribution < -0.4 is 0 Å². The minimum atomic E-state index is -0.0714. The summed E-state index contributed by atoms with van der Waals surface area (Å²) in [4.78, 5) is 4.88. The summed E-state index contributed by atoms with van der Waals surface area (Å²) in [7, 11) is 4.34. The Morgan fingerprint density at radius 3 is 2.33 bits per heavy atom. The SMILES string of the molecule is CN(C)CC1CCN(C2CCCCCC2O)CC1.